The molecule has 0 saturated carbocycles. The second-order valence-electron chi connectivity index (χ2n) is 9.43. The number of halogens is 4. The van der Waals surface area contributed by atoms with Crippen molar-refractivity contribution in [2.75, 3.05) is 0 Å². The van der Waals surface area contributed by atoms with E-state index in [1.54, 1.807) is 24.4 Å². The fourth-order valence-electron chi connectivity index (χ4n) is 5.01. The molecule has 0 aliphatic heterocycles. The van der Waals surface area contributed by atoms with E-state index >= 15 is 4.39 Å². The monoisotopic (exact) mass is 501 g/mol. The summed E-state index contributed by atoms with van der Waals surface area (Å²) in [6.45, 7) is 2.16. The van der Waals surface area contributed by atoms with E-state index in [1.807, 2.05) is 36.4 Å². The van der Waals surface area contributed by atoms with Crippen LogP contribution >= 0.6 is 0 Å². The molecule has 0 unspecified atom stereocenters. The largest absolute Gasteiger partial charge is 0.417 e. The third kappa shape index (κ3) is 5.08. The van der Waals surface area contributed by atoms with E-state index in [2.05, 4.69) is 11.9 Å². The van der Waals surface area contributed by atoms with Crippen molar-refractivity contribution in [3.8, 4) is 22.4 Å². The van der Waals surface area contributed by atoms with E-state index in [9.17, 15) is 13.2 Å². The first-order chi connectivity index (χ1) is 17.9. The standard InChI is InChI=1S/C32H27F4N/c1-2-3-4-5-8-21-11-13-22(14-12-21)27-19-24(15-16-28(27)32(34,35)36)31-30-26(17-18-37-31)25-10-7-6-9-23(25)20-29(30)33/h6-7,9-20H,2-5,8H2,1H3. The fourth-order valence-corrected chi connectivity index (χ4v) is 5.01. The normalized spacial score (nSPS) is 11.9. The average Bonchev–Trinajstić information content (AvgIpc) is 2.90. The van der Waals surface area contributed by atoms with Gasteiger partial charge in [-0.15, -0.1) is 0 Å². The number of hydrogen-bond donors (Lipinski definition) is 0. The Morgan fingerprint density at radius 3 is 2.27 bits per heavy atom. The van der Waals surface area contributed by atoms with Crippen molar-refractivity contribution in [3.63, 3.8) is 0 Å². The lowest BCUT2D eigenvalue weighted by atomic mass is 9.92. The number of aromatic nitrogens is 1. The predicted octanol–water partition coefficient (Wildman–Crippen LogP) is 10.0. The quantitative estimate of drug-likeness (QED) is 0.123. The highest BCUT2D eigenvalue weighted by Gasteiger charge is 2.34. The molecule has 5 rings (SSSR count). The van der Waals surface area contributed by atoms with Crippen molar-refractivity contribution in [2.24, 2.45) is 0 Å². The van der Waals surface area contributed by atoms with Crippen LogP contribution in [0.2, 0.25) is 0 Å². The second kappa shape index (κ2) is 10.3. The minimum absolute atomic E-state index is 0.0579. The molecule has 0 amide bonds. The third-order valence-corrected chi connectivity index (χ3v) is 6.91. The molecule has 0 bridgehead atoms. The Morgan fingerprint density at radius 2 is 1.51 bits per heavy atom. The highest BCUT2D eigenvalue weighted by molar-refractivity contribution is 6.11. The van der Waals surface area contributed by atoms with Crippen molar-refractivity contribution in [1.82, 2.24) is 4.98 Å². The first-order valence-electron chi connectivity index (χ1n) is 12.6. The molecule has 4 aromatic carbocycles. The smallest absolute Gasteiger partial charge is 0.255 e. The Morgan fingerprint density at radius 1 is 0.757 bits per heavy atom. The summed E-state index contributed by atoms with van der Waals surface area (Å²) in [6, 6.07) is 21.9. The zero-order chi connectivity index (χ0) is 26.0. The Labute approximate surface area is 213 Å². The third-order valence-electron chi connectivity index (χ3n) is 6.91. The molecule has 0 atom stereocenters. The van der Waals surface area contributed by atoms with E-state index in [0.717, 1.165) is 48.1 Å². The Bertz CT molecular complexity index is 1550. The molecule has 0 aliphatic carbocycles. The molecule has 1 nitrogen and oxygen atoms in total. The van der Waals surface area contributed by atoms with Crippen LogP contribution in [0.25, 0.3) is 43.9 Å². The lowest BCUT2D eigenvalue weighted by Gasteiger charge is -2.16. The highest BCUT2D eigenvalue weighted by atomic mass is 19.4. The number of benzene rings is 4. The van der Waals surface area contributed by atoms with Crippen LogP contribution in [0.1, 0.15) is 43.7 Å². The maximum absolute atomic E-state index is 15.3. The molecule has 5 aromatic rings. The van der Waals surface area contributed by atoms with Gasteiger partial charge in [0.05, 0.1) is 11.3 Å². The number of rotatable bonds is 7. The Kier molecular flexibility index (Phi) is 6.96. The van der Waals surface area contributed by atoms with Crippen molar-refractivity contribution < 1.29 is 17.6 Å². The van der Waals surface area contributed by atoms with Gasteiger partial charge in [-0.25, -0.2) is 4.39 Å². The van der Waals surface area contributed by atoms with E-state index in [0.29, 0.717) is 27.6 Å². The molecule has 37 heavy (non-hydrogen) atoms. The van der Waals surface area contributed by atoms with Crippen molar-refractivity contribution in [2.45, 2.75) is 45.2 Å². The molecule has 0 radical (unpaired) electrons. The number of nitrogens with zero attached hydrogens (tertiary/aromatic N) is 1. The maximum Gasteiger partial charge on any atom is 0.417 e. The number of alkyl halides is 3. The van der Waals surface area contributed by atoms with Crippen LogP contribution in [0.15, 0.2) is 85.1 Å². The zero-order valence-electron chi connectivity index (χ0n) is 20.6. The molecule has 0 aliphatic rings. The summed E-state index contributed by atoms with van der Waals surface area (Å²) in [4.78, 5) is 4.41. The first-order valence-corrected chi connectivity index (χ1v) is 12.6. The molecule has 0 fully saturated rings. The average molecular weight is 502 g/mol. The number of fused-ring (bicyclic) bond motifs is 3. The van der Waals surface area contributed by atoms with Gasteiger partial charge in [-0.05, 0) is 70.0 Å². The Hall–Kier alpha value is -3.73. The van der Waals surface area contributed by atoms with Gasteiger partial charge in [0.1, 0.15) is 5.82 Å². The minimum Gasteiger partial charge on any atom is -0.255 e. The summed E-state index contributed by atoms with van der Waals surface area (Å²) in [5, 5.41) is 2.60. The van der Waals surface area contributed by atoms with Gasteiger partial charge in [0.25, 0.3) is 0 Å². The van der Waals surface area contributed by atoms with Crippen molar-refractivity contribution >= 4 is 21.5 Å². The number of unbranched alkanes of at least 4 members (excludes halogenated alkanes) is 3. The van der Waals surface area contributed by atoms with Crippen LogP contribution in [-0.2, 0) is 12.6 Å². The van der Waals surface area contributed by atoms with Gasteiger partial charge >= 0.3 is 6.18 Å². The predicted molar refractivity (Wildman–Crippen MR) is 143 cm³/mol. The molecule has 0 spiro atoms. The van der Waals surface area contributed by atoms with Crippen molar-refractivity contribution in [3.05, 3.63) is 102 Å². The first kappa shape index (κ1) is 24.9. The number of aryl methyl sites for hydroxylation is 1. The van der Waals surface area contributed by atoms with Crippen LogP contribution in [0, 0.1) is 5.82 Å². The summed E-state index contributed by atoms with van der Waals surface area (Å²) in [6.07, 6.45) is 2.49. The summed E-state index contributed by atoms with van der Waals surface area (Å²) in [5.41, 5.74) is 1.67. The fraction of sp³-hybridized carbons (Fsp3) is 0.219. The number of hydrogen-bond acceptors (Lipinski definition) is 1. The minimum atomic E-state index is -4.53. The topological polar surface area (TPSA) is 12.9 Å². The van der Waals surface area contributed by atoms with Crippen molar-refractivity contribution in [1.29, 1.82) is 0 Å². The van der Waals surface area contributed by atoms with Crippen LogP contribution in [-0.4, -0.2) is 4.98 Å². The Balaban J connectivity index is 1.61. The highest BCUT2D eigenvalue weighted by Crippen LogP contribution is 2.41. The SMILES string of the molecule is CCCCCCc1ccc(-c2cc(-c3nccc4c3c(F)cc3ccccc34)ccc2C(F)(F)F)cc1. The van der Waals surface area contributed by atoms with Gasteiger partial charge in [0, 0.05) is 17.1 Å². The van der Waals surface area contributed by atoms with E-state index in [1.165, 1.54) is 24.6 Å². The van der Waals surface area contributed by atoms with Gasteiger partial charge in [-0.1, -0.05) is 80.8 Å². The molecule has 0 saturated heterocycles. The van der Waals surface area contributed by atoms with Gasteiger partial charge in [-0.2, -0.15) is 13.2 Å². The second-order valence-corrected chi connectivity index (χ2v) is 9.43. The van der Waals surface area contributed by atoms with Gasteiger partial charge in [0.2, 0.25) is 0 Å². The lowest BCUT2D eigenvalue weighted by molar-refractivity contribution is -0.137. The molecule has 1 aromatic heterocycles. The van der Waals surface area contributed by atoms with Gasteiger partial charge in [-0.3, -0.25) is 4.98 Å². The molecule has 1 heterocycles. The molecule has 0 N–H and O–H groups in total. The zero-order valence-corrected chi connectivity index (χ0v) is 20.6. The molecule has 5 heteroatoms. The molecular formula is C32H27F4N. The van der Waals surface area contributed by atoms with Crippen LogP contribution in [0.5, 0.6) is 0 Å². The summed E-state index contributed by atoms with van der Waals surface area (Å²) < 4.78 is 57.3. The molecule has 188 valence electrons. The van der Waals surface area contributed by atoms with Crippen LogP contribution in [0.4, 0.5) is 17.6 Å². The summed E-state index contributed by atoms with van der Waals surface area (Å²) in [7, 11) is 0. The maximum atomic E-state index is 15.3. The van der Waals surface area contributed by atoms with Gasteiger partial charge in [0.15, 0.2) is 0 Å². The van der Waals surface area contributed by atoms with E-state index in [-0.39, 0.29) is 5.56 Å². The van der Waals surface area contributed by atoms with Gasteiger partial charge < -0.3 is 0 Å². The van der Waals surface area contributed by atoms with E-state index < -0.39 is 17.6 Å². The number of pyridine rings is 1. The molecular weight excluding hydrogens is 474 g/mol. The summed E-state index contributed by atoms with van der Waals surface area (Å²) in [5.74, 6) is -0.453. The van der Waals surface area contributed by atoms with E-state index in [4.69, 9.17) is 0 Å². The van der Waals surface area contributed by atoms with Crippen LogP contribution in [0.3, 0.4) is 0 Å². The van der Waals surface area contributed by atoms with Crippen LogP contribution < -0.4 is 0 Å². The summed E-state index contributed by atoms with van der Waals surface area (Å²) >= 11 is 0. The lowest BCUT2D eigenvalue weighted by Crippen LogP contribution is -2.07.